The van der Waals surface area contributed by atoms with Gasteiger partial charge in [-0.2, -0.15) is 13.2 Å². The van der Waals surface area contributed by atoms with Crippen molar-refractivity contribution in [1.82, 2.24) is 9.29 Å². The number of hydrogen-bond donors (Lipinski definition) is 2. The quantitative estimate of drug-likeness (QED) is 0.857. The fourth-order valence-electron chi connectivity index (χ4n) is 1.23. The smallest absolute Gasteiger partial charge is 0.390 e. The molecule has 10 heteroatoms. The number of H-pyrrole nitrogens is 1. The number of nitrogens with one attached hydrogen (secondary N) is 1. The minimum absolute atomic E-state index is 0.359. The van der Waals surface area contributed by atoms with Crippen LogP contribution in [0.15, 0.2) is 17.2 Å². The summed E-state index contributed by atoms with van der Waals surface area (Å²) in [7, 11) is -3.14. The van der Waals surface area contributed by atoms with Crippen molar-refractivity contribution in [3.63, 3.8) is 0 Å². The highest BCUT2D eigenvalue weighted by Crippen LogP contribution is 2.22. The molecule has 0 aliphatic heterocycles. The number of aromatic nitrogens is 1. The van der Waals surface area contributed by atoms with Crippen LogP contribution in [0.1, 0.15) is 16.9 Å². The molecule has 0 unspecified atom stereocenters. The first-order valence-corrected chi connectivity index (χ1v) is 6.43. The van der Waals surface area contributed by atoms with E-state index in [1.165, 1.54) is 0 Å². The molecule has 1 heterocycles. The number of rotatable bonds is 5. The topological polar surface area (TPSA) is 90.5 Å². The third kappa shape index (κ3) is 3.96. The fourth-order valence-corrected chi connectivity index (χ4v) is 2.40. The zero-order valence-electron chi connectivity index (χ0n) is 9.73. The lowest BCUT2D eigenvalue weighted by atomic mass is 10.4. The maximum atomic E-state index is 12.0. The monoisotopic (exact) mass is 300 g/mol. The number of aromatic carboxylic acids is 1. The van der Waals surface area contributed by atoms with E-state index < -0.39 is 40.0 Å². The molecular formula is C9H11F3N2O4S. The molecule has 0 aliphatic rings. The van der Waals surface area contributed by atoms with Crippen molar-refractivity contribution < 1.29 is 31.5 Å². The second kappa shape index (κ2) is 5.21. The Bertz CT molecular complexity index is 564. The van der Waals surface area contributed by atoms with Crippen LogP contribution in [0.4, 0.5) is 13.2 Å². The molecule has 0 saturated carbocycles. The van der Waals surface area contributed by atoms with Crippen LogP contribution in [0, 0.1) is 0 Å². The van der Waals surface area contributed by atoms with E-state index in [2.05, 4.69) is 4.98 Å². The largest absolute Gasteiger partial charge is 0.477 e. The number of hydrogen-bond acceptors (Lipinski definition) is 3. The Morgan fingerprint density at radius 2 is 2.05 bits per heavy atom. The van der Waals surface area contributed by atoms with E-state index in [1.807, 2.05) is 0 Å². The molecular weight excluding hydrogens is 289 g/mol. The number of carboxylic acid groups (broad SMARTS) is 1. The van der Waals surface area contributed by atoms with Gasteiger partial charge < -0.3 is 10.1 Å². The van der Waals surface area contributed by atoms with Crippen LogP contribution < -0.4 is 0 Å². The molecule has 0 bridgehead atoms. The summed E-state index contributed by atoms with van der Waals surface area (Å²) in [6.45, 7) is -0.737. The van der Waals surface area contributed by atoms with Crippen LogP contribution in [0.5, 0.6) is 0 Å². The second-order valence-electron chi connectivity index (χ2n) is 3.75. The van der Waals surface area contributed by atoms with Crippen LogP contribution in [0.2, 0.25) is 0 Å². The first kappa shape index (κ1) is 15.5. The maximum Gasteiger partial charge on any atom is 0.390 e. The highest BCUT2D eigenvalue weighted by atomic mass is 32.2. The lowest BCUT2D eigenvalue weighted by molar-refractivity contribution is -0.135. The van der Waals surface area contributed by atoms with Gasteiger partial charge in [-0.1, -0.05) is 0 Å². The summed E-state index contributed by atoms with van der Waals surface area (Å²) in [5, 5.41) is 8.62. The molecule has 1 aromatic heterocycles. The number of carboxylic acids is 1. The van der Waals surface area contributed by atoms with Gasteiger partial charge in [0.1, 0.15) is 10.6 Å². The highest BCUT2D eigenvalue weighted by molar-refractivity contribution is 7.89. The molecule has 0 amide bonds. The van der Waals surface area contributed by atoms with E-state index in [0.717, 1.165) is 19.3 Å². The minimum atomic E-state index is -4.46. The van der Waals surface area contributed by atoms with Crippen LogP contribution in [0.25, 0.3) is 0 Å². The van der Waals surface area contributed by atoms with E-state index in [0.29, 0.717) is 4.31 Å². The van der Waals surface area contributed by atoms with E-state index in [9.17, 15) is 26.4 Å². The molecule has 0 spiro atoms. The van der Waals surface area contributed by atoms with Crippen molar-refractivity contribution in [3.05, 3.63) is 18.0 Å². The number of halogens is 3. The summed E-state index contributed by atoms with van der Waals surface area (Å²) >= 11 is 0. The minimum Gasteiger partial charge on any atom is -0.477 e. The number of nitrogens with zero attached hydrogens (tertiary/aromatic N) is 1. The molecule has 1 aromatic rings. The lowest BCUT2D eigenvalue weighted by Crippen LogP contribution is -2.30. The average molecular weight is 300 g/mol. The average Bonchev–Trinajstić information content (AvgIpc) is 2.74. The van der Waals surface area contributed by atoms with Crippen molar-refractivity contribution in [1.29, 1.82) is 0 Å². The summed E-state index contributed by atoms with van der Waals surface area (Å²) in [5.41, 5.74) is -0.359. The SMILES string of the molecule is CN(CCC(F)(F)F)S(=O)(=O)c1c[nH]c(C(=O)O)c1. The van der Waals surface area contributed by atoms with E-state index in [-0.39, 0.29) is 5.69 Å². The second-order valence-corrected chi connectivity index (χ2v) is 5.79. The van der Waals surface area contributed by atoms with Crippen molar-refractivity contribution in [2.75, 3.05) is 13.6 Å². The number of aromatic amines is 1. The Hall–Kier alpha value is -1.55. The van der Waals surface area contributed by atoms with E-state index in [1.54, 1.807) is 0 Å². The molecule has 0 radical (unpaired) electrons. The van der Waals surface area contributed by atoms with Gasteiger partial charge >= 0.3 is 12.1 Å². The maximum absolute atomic E-state index is 12.0. The van der Waals surface area contributed by atoms with Gasteiger partial charge in [0, 0.05) is 19.8 Å². The molecule has 0 aliphatic carbocycles. The van der Waals surface area contributed by atoms with Crippen LogP contribution in [-0.2, 0) is 10.0 Å². The molecule has 6 nitrogen and oxygen atoms in total. The van der Waals surface area contributed by atoms with Crippen molar-refractivity contribution in [2.45, 2.75) is 17.5 Å². The Labute approximate surface area is 106 Å². The normalized spacial score (nSPS) is 12.9. The Balaban J connectivity index is 2.87. The van der Waals surface area contributed by atoms with Gasteiger partial charge in [-0.25, -0.2) is 17.5 Å². The van der Waals surface area contributed by atoms with Crippen molar-refractivity contribution in [2.24, 2.45) is 0 Å². The van der Waals surface area contributed by atoms with Gasteiger partial charge in [-0.15, -0.1) is 0 Å². The van der Waals surface area contributed by atoms with Crippen molar-refractivity contribution >= 4 is 16.0 Å². The van der Waals surface area contributed by atoms with Gasteiger partial charge in [0.2, 0.25) is 10.0 Å². The molecule has 0 atom stereocenters. The molecule has 0 saturated heterocycles. The van der Waals surface area contributed by atoms with E-state index in [4.69, 9.17) is 5.11 Å². The Morgan fingerprint density at radius 1 is 1.47 bits per heavy atom. The third-order valence-electron chi connectivity index (χ3n) is 2.31. The summed E-state index contributed by atoms with van der Waals surface area (Å²) < 4.78 is 60.2. The number of alkyl halides is 3. The number of carbonyl (C=O) groups is 1. The van der Waals surface area contributed by atoms with Gasteiger partial charge in [0.05, 0.1) is 6.42 Å². The molecule has 0 fully saturated rings. The fraction of sp³-hybridized carbons (Fsp3) is 0.444. The van der Waals surface area contributed by atoms with Gasteiger partial charge in [0.25, 0.3) is 0 Å². The number of sulfonamides is 1. The zero-order valence-corrected chi connectivity index (χ0v) is 10.5. The van der Waals surface area contributed by atoms with E-state index >= 15 is 0 Å². The standard InChI is InChI=1S/C9H11F3N2O4S/c1-14(3-2-9(10,11)12)19(17,18)6-4-7(8(15)16)13-5-6/h4-5,13H,2-3H2,1H3,(H,15,16). The predicted octanol–water partition coefficient (Wildman–Crippen LogP) is 1.29. The highest BCUT2D eigenvalue weighted by Gasteiger charge is 2.31. The lowest BCUT2D eigenvalue weighted by Gasteiger charge is -2.16. The van der Waals surface area contributed by atoms with Crippen molar-refractivity contribution in [3.8, 4) is 0 Å². The first-order chi connectivity index (χ1) is 8.54. The van der Waals surface area contributed by atoms with Crippen LogP contribution >= 0.6 is 0 Å². The molecule has 108 valence electrons. The third-order valence-corrected chi connectivity index (χ3v) is 4.14. The molecule has 19 heavy (non-hydrogen) atoms. The predicted molar refractivity (Wildman–Crippen MR) is 58.2 cm³/mol. The Morgan fingerprint density at radius 3 is 2.47 bits per heavy atom. The Kier molecular flexibility index (Phi) is 4.25. The van der Waals surface area contributed by atoms with Gasteiger partial charge in [-0.3, -0.25) is 0 Å². The molecule has 2 N–H and O–H groups in total. The zero-order chi connectivity index (χ0) is 14.8. The van der Waals surface area contributed by atoms with Crippen LogP contribution in [0.3, 0.4) is 0 Å². The first-order valence-electron chi connectivity index (χ1n) is 4.99. The summed E-state index contributed by atoms with van der Waals surface area (Å²) in [6.07, 6.45) is -4.82. The molecule has 0 aromatic carbocycles. The summed E-state index contributed by atoms with van der Waals surface area (Å²) in [5.74, 6) is -1.36. The van der Waals surface area contributed by atoms with Gasteiger partial charge in [-0.05, 0) is 6.07 Å². The molecule has 1 rings (SSSR count). The van der Waals surface area contributed by atoms with Gasteiger partial charge in [0.15, 0.2) is 0 Å². The van der Waals surface area contributed by atoms with Crippen LogP contribution in [-0.4, -0.2) is 48.6 Å². The summed E-state index contributed by atoms with van der Waals surface area (Å²) in [4.78, 5) is 12.4. The summed E-state index contributed by atoms with van der Waals surface area (Å²) in [6, 6.07) is 0.849.